The number of hydrogen-bond donors (Lipinski definition) is 2. The zero-order valence-electron chi connectivity index (χ0n) is 18.9. The summed E-state index contributed by atoms with van der Waals surface area (Å²) in [5.41, 5.74) is -1.77. The number of carbonyl (C=O) groups excluding carboxylic acids is 1. The summed E-state index contributed by atoms with van der Waals surface area (Å²) in [7, 11) is -2.86. The van der Waals surface area contributed by atoms with E-state index in [-0.39, 0.29) is 19.0 Å². The van der Waals surface area contributed by atoms with E-state index in [1.165, 1.54) is 24.8 Å². The average Bonchev–Trinajstić information content (AvgIpc) is 3.39. The molecule has 5 atom stereocenters. The van der Waals surface area contributed by atoms with E-state index in [9.17, 15) is 18.9 Å². The van der Waals surface area contributed by atoms with Crippen LogP contribution in [0, 0.1) is 6.92 Å². The van der Waals surface area contributed by atoms with Crippen molar-refractivity contribution in [1.82, 2.24) is 14.6 Å². The van der Waals surface area contributed by atoms with Gasteiger partial charge in [0.15, 0.2) is 6.23 Å². The number of methoxy groups -OCH3 is 1. The highest BCUT2D eigenvalue weighted by Crippen LogP contribution is 2.50. The van der Waals surface area contributed by atoms with Crippen molar-refractivity contribution in [3.63, 3.8) is 0 Å². The van der Waals surface area contributed by atoms with E-state index in [1.54, 1.807) is 37.3 Å². The largest absolute Gasteiger partial charge is 0.468 e. The number of fused-ring (bicyclic) bond motifs is 2. The maximum absolute atomic E-state index is 13.6. The predicted octanol–water partition coefficient (Wildman–Crippen LogP) is 1.26. The number of hydrogen-bond acceptors (Lipinski definition) is 9. The minimum absolute atomic E-state index is 0.142. The first-order chi connectivity index (χ1) is 16.1. The highest BCUT2D eigenvalue weighted by molar-refractivity contribution is 7.52. The van der Waals surface area contributed by atoms with Gasteiger partial charge in [0.05, 0.1) is 20.3 Å². The highest BCUT2D eigenvalue weighted by Gasteiger charge is 2.55. The molecule has 2 aliphatic heterocycles. The first kappa shape index (κ1) is 24.4. The third-order valence-electron chi connectivity index (χ3n) is 5.62. The SMILES string of the molecule is COC(=O)C(C)NP(=O)(OC[C@]12CO[C@H](C1)[C@H](n1cc(C)c(=O)[nH]c1=O)O2)Oc1ccccc1. The summed E-state index contributed by atoms with van der Waals surface area (Å²) in [4.78, 5) is 38.2. The molecule has 2 fully saturated rings. The minimum Gasteiger partial charge on any atom is -0.468 e. The Morgan fingerprint density at radius 3 is 2.79 bits per heavy atom. The number of esters is 1. The van der Waals surface area contributed by atoms with Crippen LogP contribution in [-0.4, -0.2) is 53.6 Å². The van der Waals surface area contributed by atoms with Crippen LogP contribution in [-0.2, 0) is 28.1 Å². The molecule has 0 radical (unpaired) electrons. The lowest BCUT2D eigenvalue weighted by Gasteiger charge is -2.32. The van der Waals surface area contributed by atoms with E-state index in [0.717, 1.165) is 0 Å². The van der Waals surface area contributed by atoms with Crippen LogP contribution >= 0.6 is 7.75 Å². The molecule has 2 saturated heterocycles. The van der Waals surface area contributed by atoms with Gasteiger partial charge in [0.1, 0.15) is 23.5 Å². The molecule has 4 rings (SSSR count). The topological polar surface area (TPSA) is 147 Å². The summed E-state index contributed by atoms with van der Waals surface area (Å²) in [5, 5.41) is 2.58. The Balaban J connectivity index is 1.52. The van der Waals surface area contributed by atoms with Crippen molar-refractivity contribution in [2.45, 2.75) is 44.2 Å². The number of aromatic nitrogens is 2. The number of nitrogens with one attached hydrogen (secondary N) is 2. The molecule has 184 valence electrons. The zero-order valence-corrected chi connectivity index (χ0v) is 19.8. The zero-order chi connectivity index (χ0) is 24.5. The lowest BCUT2D eigenvalue weighted by Crippen LogP contribution is -2.43. The molecule has 2 aliphatic rings. The number of aryl methyl sites for hydroxylation is 1. The monoisotopic (exact) mass is 495 g/mol. The number of para-hydroxylation sites is 1. The Hall–Kier alpha value is -2.76. The molecule has 0 spiro atoms. The van der Waals surface area contributed by atoms with Crippen molar-refractivity contribution < 1.29 is 32.6 Å². The molecule has 2 unspecified atom stereocenters. The van der Waals surface area contributed by atoms with Crippen LogP contribution in [0.2, 0.25) is 0 Å². The molecule has 0 saturated carbocycles. The molecule has 12 nitrogen and oxygen atoms in total. The molecule has 0 amide bonds. The summed E-state index contributed by atoms with van der Waals surface area (Å²) in [6.07, 6.45) is 0.507. The van der Waals surface area contributed by atoms with Gasteiger partial charge in [0, 0.05) is 18.2 Å². The van der Waals surface area contributed by atoms with Crippen LogP contribution in [0.3, 0.4) is 0 Å². The molecular weight excluding hydrogens is 469 g/mol. The summed E-state index contributed by atoms with van der Waals surface area (Å²) < 4.78 is 42.8. The highest BCUT2D eigenvalue weighted by atomic mass is 31.2. The number of benzene rings is 1. The van der Waals surface area contributed by atoms with Gasteiger partial charge < -0.3 is 18.7 Å². The number of carbonyl (C=O) groups is 1. The Kier molecular flexibility index (Phi) is 6.79. The lowest BCUT2D eigenvalue weighted by atomic mass is 10.0. The normalized spacial score (nSPS) is 26.1. The number of rotatable bonds is 9. The van der Waals surface area contributed by atoms with Crippen molar-refractivity contribution in [3.8, 4) is 5.75 Å². The fourth-order valence-electron chi connectivity index (χ4n) is 3.87. The Bertz CT molecular complexity index is 1210. The molecule has 2 aromatic rings. The van der Waals surface area contributed by atoms with Gasteiger partial charge in [-0.2, -0.15) is 5.09 Å². The van der Waals surface area contributed by atoms with Gasteiger partial charge in [-0.15, -0.1) is 0 Å². The number of aromatic amines is 1. The number of nitrogens with zero attached hydrogens (tertiary/aromatic N) is 1. The van der Waals surface area contributed by atoms with Crippen LogP contribution < -0.4 is 20.9 Å². The van der Waals surface area contributed by atoms with Gasteiger partial charge in [-0.25, -0.2) is 9.36 Å². The van der Waals surface area contributed by atoms with E-state index in [0.29, 0.717) is 12.0 Å². The molecule has 1 aromatic heterocycles. The quantitative estimate of drug-likeness (QED) is 0.385. The van der Waals surface area contributed by atoms with Crippen molar-refractivity contribution in [1.29, 1.82) is 0 Å². The van der Waals surface area contributed by atoms with Gasteiger partial charge in [-0.3, -0.25) is 23.7 Å². The fraction of sp³-hybridized carbons (Fsp3) is 0.476. The van der Waals surface area contributed by atoms with Gasteiger partial charge in [0.2, 0.25) is 0 Å². The second kappa shape index (κ2) is 9.47. The van der Waals surface area contributed by atoms with Crippen molar-refractivity contribution >= 4 is 13.7 Å². The van der Waals surface area contributed by atoms with Crippen molar-refractivity contribution in [3.05, 3.63) is 62.9 Å². The van der Waals surface area contributed by atoms with E-state index < -0.39 is 48.9 Å². The van der Waals surface area contributed by atoms with E-state index in [1.807, 2.05) is 0 Å². The summed E-state index contributed by atoms with van der Waals surface area (Å²) >= 11 is 0. The first-order valence-corrected chi connectivity index (χ1v) is 12.1. The first-order valence-electron chi connectivity index (χ1n) is 10.6. The third kappa shape index (κ3) is 5.01. The maximum Gasteiger partial charge on any atom is 0.459 e. The van der Waals surface area contributed by atoms with Crippen LogP contribution in [0.1, 0.15) is 25.1 Å². The number of ether oxygens (including phenoxy) is 3. The summed E-state index contributed by atoms with van der Waals surface area (Å²) in [6, 6.07) is 7.38. The van der Waals surface area contributed by atoms with Crippen LogP contribution in [0.5, 0.6) is 5.75 Å². The van der Waals surface area contributed by atoms with E-state index >= 15 is 0 Å². The smallest absolute Gasteiger partial charge is 0.459 e. The van der Waals surface area contributed by atoms with E-state index in [4.69, 9.17) is 23.3 Å². The van der Waals surface area contributed by atoms with Crippen LogP contribution in [0.15, 0.2) is 46.1 Å². The Labute approximate surface area is 194 Å². The molecule has 2 bridgehead atoms. The van der Waals surface area contributed by atoms with Crippen molar-refractivity contribution in [2.24, 2.45) is 0 Å². The average molecular weight is 495 g/mol. The molecule has 3 heterocycles. The molecule has 13 heteroatoms. The minimum atomic E-state index is -4.07. The Morgan fingerprint density at radius 1 is 1.35 bits per heavy atom. The van der Waals surface area contributed by atoms with Crippen molar-refractivity contribution in [2.75, 3.05) is 20.3 Å². The lowest BCUT2D eigenvalue weighted by molar-refractivity contribution is -0.182. The third-order valence-corrected chi connectivity index (χ3v) is 7.24. The molecular formula is C21H26N3O9P. The molecule has 0 aliphatic carbocycles. The van der Waals surface area contributed by atoms with Crippen LogP contribution in [0.4, 0.5) is 0 Å². The second-order valence-corrected chi connectivity index (χ2v) is 9.97. The molecule has 34 heavy (non-hydrogen) atoms. The summed E-state index contributed by atoms with van der Waals surface area (Å²) in [5.74, 6) is -0.373. The van der Waals surface area contributed by atoms with Gasteiger partial charge in [-0.1, -0.05) is 18.2 Å². The van der Waals surface area contributed by atoms with E-state index in [2.05, 4.69) is 10.1 Å². The predicted molar refractivity (Wildman–Crippen MR) is 119 cm³/mol. The molecule has 1 aromatic carbocycles. The second-order valence-electron chi connectivity index (χ2n) is 8.27. The van der Waals surface area contributed by atoms with Gasteiger partial charge in [-0.05, 0) is 26.0 Å². The fourth-order valence-corrected chi connectivity index (χ4v) is 5.43. The van der Waals surface area contributed by atoms with Gasteiger partial charge >= 0.3 is 19.4 Å². The number of H-pyrrole nitrogens is 1. The summed E-state index contributed by atoms with van der Waals surface area (Å²) in [6.45, 7) is 2.98. The molecule has 2 N–H and O–H groups in total. The maximum atomic E-state index is 13.6. The standard InChI is InChI=1S/C21H26N3O9P/c1-13-10-24(20(27)22-17(13)25)18-16-9-21(32-18,11-30-16)12-31-34(28,23-14(2)19(26)29-3)33-15-7-5-4-6-8-15/h4-8,10,14,16,18H,9,11-12H2,1-3H3,(H,23,28)(H,22,25,27)/t14?,16-,18-,21-,34?/m1/s1. The Morgan fingerprint density at radius 2 is 2.09 bits per heavy atom. The van der Waals surface area contributed by atoms with Gasteiger partial charge in [0.25, 0.3) is 5.56 Å². The van der Waals surface area contributed by atoms with Crippen LogP contribution in [0.25, 0.3) is 0 Å².